The van der Waals surface area contributed by atoms with Gasteiger partial charge in [-0.05, 0) is 0 Å². The standard InChI is InChI=1S/C10H3F17/c11-1(2(12)13)4(15)3(14)5(16,17)7(20,21)9(24,25)10(26,27)8(22,23)6(4,18)19/h1-3H. The molecule has 1 aliphatic carbocycles. The molecule has 3 unspecified atom stereocenters. The molecule has 1 saturated carbocycles. The van der Waals surface area contributed by atoms with Gasteiger partial charge in [0.1, 0.15) is 0 Å². The van der Waals surface area contributed by atoms with Crippen LogP contribution in [0.5, 0.6) is 0 Å². The Labute approximate surface area is 136 Å². The topological polar surface area (TPSA) is 0 Å². The second-order valence-corrected chi connectivity index (χ2v) is 5.36. The molecule has 0 spiro atoms. The minimum Gasteiger partial charge on any atom is -0.237 e. The van der Waals surface area contributed by atoms with Gasteiger partial charge in [-0.25, -0.2) is 22.0 Å². The molecule has 0 amide bonds. The fourth-order valence-electron chi connectivity index (χ4n) is 2.12. The second-order valence-electron chi connectivity index (χ2n) is 5.36. The summed E-state index contributed by atoms with van der Waals surface area (Å²) in [4.78, 5) is 0. The van der Waals surface area contributed by atoms with Gasteiger partial charge in [0.15, 0.2) is 0 Å². The van der Waals surface area contributed by atoms with Gasteiger partial charge >= 0.3 is 35.5 Å². The van der Waals surface area contributed by atoms with Crippen molar-refractivity contribution in [2.75, 3.05) is 0 Å². The molecular formula is C10H3F17. The Morgan fingerprint density at radius 3 is 1.11 bits per heavy atom. The SMILES string of the molecule is FC(F)C(F)C1(F)C(F)C(F)(F)C(F)(F)C(F)(F)C(F)(F)C(F)(F)C1(F)F. The first-order valence-electron chi connectivity index (χ1n) is 6.03. The van der Waals surface area contributed by atoms with Crippen molar-refractivity contribution in [1.29, 1.82) is 0 Å². The molecular weight excluding hydrogens is 443 g/mol. The van der Waals surface area contributed by atoms with Crippen LogP contribution in [0.1, 0.15) is 0 Å². The molecule has 1 fully saturated rings. The largest absolute Gasteiger partial charge is 0.384 e. The van der Waals surface area contributed by atoms with Crippen molar-refractivity contribution in [3.63, 3.8) is 0 Å². The Morgan fingerprint density at radius 1 is 0.481 bits per heavy atom. The highest BCUT2D eigenvalue weighted by Gasteiger charge is 2.98. The van der Waals surface area contributed by atoms with E-state index in [1.54, 1.807) is 0 Å². The highest BCUT2D eigenvalue weighted by Crippen LogP contribution is 2.67. The molecule has 0 aromatic rings. The Kier molecular flexibility index (Phi) is 5.01. The van der Waals surface area contributed by atoms with E-state index < -0.39 is 60.0 Å². The smallest absolute Gasteiger partial charge is 0.237 e. The normalized spacial score (nSPS) is 37.3. The predicted octanol–water partition coefficient (Wildman–Crippen LogP) is 5.46. The first-order chi connectivity index (χ1) is 11.5. The van der Waals surface area contributed by atoms with Gasteiger partial charge in [-0.2, -0.15) is 52.7 Å². The molecule has 0 saturated heterocycles. The Bertz CT molecular complexity index is 578. The van der Waals surface area contributed by atoms with Crippen molar-refractivity contribution in [2.24, 2.45) is 0 Å². The molecule has 0 aromatic carbocycles. The summed E-state index contributed by atoms with van der Waals surface area (Å²) in [5.74, 6) is -48.6. The van der Waals surface area contributed by atoms with E-state index in [9.17, 15) is 74.6 Å². The van der Waals surface area contributed by atoms with E-state index in [1.165, 1.54) is 0 Å². The lowest BCUT2D eigenvalue weighted by Crippen LogP contribution is -2.82. The van der Waals surface area contributed by atoms with Crippen LogP contribution in [0.3, 0.4) is 0 Å². The monoisotopic (exact) mass is 446 g/mol. The van der Waals surface area contributed by atoms with Crippen LogP contribution in [-0.2, 0) is 0 Å². The van der Waals surface area contributed by atoms with Crippen molar-refractivity contribution < 1.29 is 74.6 Å². The summed E-state index contributed by atoms with van der Waals surface area (Å²) < 4.78 is 223. The van der Waals surface area contributed by atoms with Crippen molar-refractivity contribution in [3.8, 4) is 0 Å². The fraction of sp³-hybridized carbons (Fsp3) is 1.00. The molecule has 0 nitrogen and oxygen atoms in total. The summed E-state index contributed by atoms with van der Waals surface area (Å²) in [7, 11) is 0. The Morgan fingerprint density at radius 2 is 0.778 bits per heavy atom. The Balaban J connectivity index is 4.11. The van der Waals surface area contributed by atoms with Gasteiger partial charge in [0.2, 0.25) is 12.3 Å². The van der Waals surface area contributed by atoms with Crippen molar-refractivity contribution >= 4 is 0 Å². The van der Waals surface area contributed by atoms with Gasteiger partial charge in [0, 0.05) is 0 Å². The van der Waals surface area contributed by atoms with Crippen LogP contribution in [0, 0.1) is 0 Å². The minimum absolute atomic E-state index is 5.42. The summed E-state index contributed by atoms with van der Waals surface area (Å²) in [5.41, 5.74) is -7.47. The Hall–Kier alpha value is -1.19. The van der Waals surface area contributed by atoms with E-state index in [0.29, 0.717) is 0 Å². The molecule has 1 rings (SSSR count). The molecule has 0 N–H and O–H groups in total. The molecule has 162 valence electrons. The first-order valence-corrected chi connectivity index (χ1v) is 6.03. The summed E-state index contributed by atoms with van der Waals surface area (Å²) in [6.45, 7) is 0. The molecule has 1 aliphatic rings. The van der Waals surface area contributed by atoms with Gasteiger partial charge in [-0.15, -0.1) is 0 Å². The van der Waals surface area contributed by atoms with Crippen LogP contribution < -0.4 is 0 Å². The van der Waals surface area contributed by atoms with Gasteiger partial charge in [-0.3, -0.25) is 0 Å². The van der Waals surface area contributed by atoms with E-state index in [-0.39, 0.29) is 0 Å². The number of hydrogen-bond donors (Lipinski definition) is 0. The van der Waals surface area contributed by atoms with E-state index in [0.717, 1.165) is 0 Å². The maximum Gasteiger partial charge on any atom is 0.384 e. The molecule has 0 aliphatic heterocycles. The van der Waals surface area contributed by atoms with Gasteiger partial charge in [0.25, 0.3) is 12.1 Å². The maximum absolute atomic E-state index is 13.9. The summed E-state index contributed by atoms with van der Waals surface area (Å²) >= 11 is 0. The molecule has 0 aromatic heterocycles. The minimum atomic E-state index is -8.28. The van der Waals surface area contributed by atoms with Crippen molar-refractivity contribution in [2.45, 2.75) is 60.0 Å². The molecule has 27 heavy (non-hydrogen) atoms. The van der Waals surface area contributed by atoms with E-state index >= 15 is 0 Å². The number of alkyl halides is 17. The predicted molar refractivity (Wildman–Crippen MR) is 49.3 cm³/mol. The van der Waals surface area contributed by atoms with Gasteiger partial charge in [0.05, 0.1) is 0 Å². The zero-order valence-electron chi connectivity index (χ0n) is 11.7. The third-order valence-corrected chi connectivity index (χ3v) is 3.79. The van der Waals surface area contributed by atoms with Crippen LogP contribution in [0.25, 0.3) is 0 Å². The van der Waals surface area contributed by atoms with Crippen molar-refractivity contribution in [3.05, 3.63) is 0 Å². The van der Waals surface area contributed by atoms with Crippen LogP contribution in [0.15, 0.2) is 0 Å². The molecule has 17 heteroatoms. The lowest BCUT2D eigenvalue weighted by atomic mass is 9.73. The molecule has 0 bridgehead atoms. The average molecular weight is 446 g/mol. The van der Waals surface area contributed by atoms with Crippen LogP contribution >= 0.6 is 0 Å². The summed E-state index contributed by atoms with van der Waals surface area (Å²) in [6, 6.07) is 0. The third-order valence-electron chi connectivity index (χ3n) is 3.79. The van der Waals surface area contributed by atoms with Crippen molar-refractivity contribution in [1.82, 2.24) is 0 Å². The van der Waals surface area contributed by atoms with Crippen LogP contribution in [0.4, 0.5) is 74.6 Å². The van der Waals surface area contributed by atoms with Gasteiger partial charge < -0.3 is 0 Å². The van der Waals surface area contributed by atoms with Crippen LogP contribution in [0.2, 0.25) is 0 Å². The number of rotatable bonds is 2. The molecule has 3 atom stereocenters. The fourth-order valence-corrected chi connectivity index (χ4v) is 2.12. The lowest BCUT2D eigenvalue weighted by Gasteiger charge is -2.50. The van der Waals surface area contributed by atoms with Crippen LogP contribution in [-0.4, -0.2) is 60.0 Å². The summed E-state index contributed by atoms with van der Waals surface area (Å²) in [6.07, 6.45) is -17.8. The zero-order valence-corrected chi connectivity index (χ0v) is 11.7. The maximum atomic E-state index is 13.9. The summed E-state index contributed by atoms with van der Waals surface area (Å²) in [5, 5.41) is 0. The number of hydrogen-bond acceptors (Lipinski definition) is 0. The quantitative estimate of drug-likeness (QED) is 0.495. The first kappa shape index (κ1) is 23.8. The number of halogens is 17. The molecule has 0 heterocycles. The van der Waals surface area contributed by atoms with E-state index in [4.69, 9.17) is 0 Å². The second kappa shape index (κ2) is 5.67. The van der Waals surface area contributed by atoms with Gasteiger partial charge in [-0.1, -0.05) is 0 Å². The molecule has 0 radical (unpaired) electrons. The highest BCUT2D eigenvalue weighted by atomic mass is 19.4. The third kappa shape index (κ3) is 2.31. The van der Waals surface area contributed by atoms with E-state index in [2.05, 4.69) is 0 Å². The van der Waals surface area contributed by atoms with E-state index in [1.807, 2.05) is 0 Å². The lowest BCUT2D eigenvalue weighted by molar-refractivity contribution is -0.468. The zero-order chi connectivity index (χ0) is 22.2. The average Bonchev–Trinajstić information content (AvgIpc) is 2.50. The highest BCUT2D eigenvalue weighted by molar-refractivity contribution is 5.25.